The van der Waals surface area contributed by atoms with Crippen LogP contribution in [-0.2, 0) is 14.2 Å². The van der Waals surface area contributed by atoms with Crippen molar-refractivity contribution < 1.29 is 19.0 Å². The summed E-state index contributed by atoms with van der Waals surface area (Å²) in [6.07, 6.45) is 4.92. The Morgan fingerprint density at radius 2 is 1.70 bits per heavy atom. The number of carbonyl (C=O) groups excluding carboxylic acids is 1. The van der Waals surface area contributed by atoms with E-state index in [1.165, 1.54) is 0 Å². The number of fused-ring (bicyclic) bond motifs is 1. The topological polar surface area (TPSA) is 68.8 Å². The van der Waals surface area contributed by atoms with E-state index in [1.54, 1.807) is 0 Å². The zero-order valence-electron chi connectivity index (χ0n) is 14.1. The third-order valence-corrected chi connectivity index (χ3v) is 6.28. The van der Waals surface area contributed by atoms with E-state index in [4.69, 9.17) is 14.2 Å². The van der Waals surface area contributed by atoms with E-state index in [0.717, 1.165) is 38.7 Å². The summed E-state index contributed by atoms with van der Waals surface area (Å²) in [5.41, 5.74) is 0.0284. The van der Waals surface area contributed by atoms with E-state index in [0.29, 0.717) is 25.2 Å². The molecule has 6 nitrogen and oxygen atoms in total. The fraction of sp³-hybridized carbons (Fsp3) is 0.941. The van der Waals surface area contributed by atoms with Crippen LogP contribution in [0.15, 0.2) is 0 Å². The van der Waals surface area contributed by atoms with E-state index in [-0.39, 0.29) is 29.3 Å². The smallest absolute Gasteiger partial charge is 0.315 e. The normalized spacial score (nSPS) is 40.4. The highest BCUT2D eigenvalue weighted by Gasteiger charge is 2.59. The van der Waals surface area contributed by atoms with Gasteiger partial charge in [-0.25, -0.2) is 4.79 Å². The highest BCUT2D eigenvalue weighted by Crippen LogP contribution is 2.52. The monoisotopic (exact) mass is 324 g/mol. The summed E-state index contributed by atoms with van der Waals surface area (Å²) in [6.45, 7) is 6.58. The molecule has 2 N–H and O–H groups in total. The fourth-order valence-electron chi connectivity index (χ4n) is 4.97. The Bertz CT molecular complexity index is 465. The standard InChI is InChI=1S/C17H28N2O4/c1-16(2)13(12-5-8-21-14(12)16)19-15(20)18-11-3-6-17(7-4-11)22-9-10-23-17/h11-14H,3-10H2,1-2H3,(H2,18,19,20)/t12-,13-,14-/m1/s1. The van der Waals surface area contributed by atoms with Gasteiger partial charge in [-0.3, -0.25) is 0 Å². The molecule has 0 unspecified atom stereocenters. The third-order valence-electron chi connectivity index (χ3n) is 6.28. The van der Waals surface area contributed by atoms with Gasteiger partial charge in [0.05, 0.1) is 19.3 Å². The van der Waals surface area contributed by atoms with Gasteiger partial charge >= 0.3 is 6.03 Å². The van der Waals surface area contributed by atoms with Gasteiger partial charge in [0.2, 0.25) is 0 Å². The number of hydrogen-bond acceptors (Lipinski definition) is 4. The molecule has 2 aliphatic carbocycles. The molecule has 3 atom stereocenters. The summed E-state index contributed by atoms with van der Waals surface area (Å²) < 4.78 is 17.3. The summed E-state index contributed by atoms with van der Waals surface area (Å²) in [4.78, 5) is 12.4. The number of carbonyl (C=O) groups is 1. The zero-order chi connectivity index (χ0) is 16.1. The predicted molar refractivity (Wildman–Crippen MR) is 84.0 cm³/mol. The van der Waals surface area contributed by atoms with Crippen LogP contribution in [-0.4, -0.2) is 49.8 Å². The van der Waals surface area contributed by atoms with Crippen molar-refractivity contribution in [1.82, 2.24) is 10.6 Å². The minimum absolute atomic E-state index is 0.0284. The maximum absolute atomic E-state index is 12.4. The molecule has 0 aromatic carbocycles. The Hall–Kier alpha value is -0.850. The van der Waals surface area contributed by atoms with Gasteiger partial charge in [-0.05, 0) is 19.3 Å². The minimum atomic E-state index is -0.362. The molecule has 2 saturated carbocycles. The van der Waals surface area contributed by atoms with Gasteiger partial charge in [-0.15, -0.1) is 0 Å². The first-order valence-electron chi connectivity index (χ1n) is 8.97. The highest BCUT2D eigenvalue weighted by molar-refractivity contribution is 5.75. The molecule has 6 heteroatoms. The second-order valence-corrected chi connectivity index (χ2v) is 8.04. The van der Waals surface area contributed by atoms with Crippen molar-refractivity contribution in [1.29, 1.82) is 0 Å². The molecule has 4 rings (SSSR count). The van der Waals surface area contributed by atoms with Gasteiger partial charge in [-0.2, -0.15) is 0 Å². The van der Waals surface area contributed by atoms with Crippen molar-refractivity contribution >= 4 is 6.03 Å². The van der Waals surface area contributed by atoms with Gasteiger partial charge in [0.15, 0.2) is 5.79 Å². The number of nitrogens with one attached hydrogen (secondary N) is 2. The number of rotatable bonds is 2. The summed E-state index contributed by atoms with van der Waals surface area (Å²) in [5, 5.41) is 6.33. The van der Waals surface area contributed by atoms with Crippen molar-refractivity contribution in [2.45, 2.75) is 69.9 Å². The van der Waals surface area contributed by atoms with E-state index in [9.17, 15) is 4.79 Å². The molecule has 2 amide bonds. The SMILES string of the molecule is CC1(C)[C@H](NC(=O)NC2CCC3(CC2)OCCO3)[C@H]2CCO[C@H]21. The first-order chi connectivity index (χ1) is 11.0. The molecule has 4 aliphatic rings. The Balaban J connectivity index is 1.26. The molecule has 1 spiro atoms. The first kappa shape index (κ1) is 15.7. The molecular formula is C17H28N2O4. The number of hydrogen-bond donors (Lipinski definition) is 2. The molecular weight excluding hydrogens is 296 g/mol. The third kappa shape index (κ3) is 2.65. The van der Waals surface area contributed by atoms with Crippen molar-refractivity contribution in [3.05, 3.63) is 0 Å². The van der Waals surface area contributed by atoms with Crippen LogP contribution >= 0.6 is 0 Å². The molecule has 0 bridgehead atoms. The fourth-order valence-corrected chi connectivity index (χ4v) is 4.97. The molecule has 0 radical (unpaired) electrons. The van der Waals surface area contributed by atoms with Gasteiger partial charge in [-0.1, -0.05) is 13.8 Å². The van der Waals surface area contributed by atoms with Crippen LogP contribution in [0.2, 0.25) is 0 Å². The highest BCUT2D eigenvalue weighted by atomic mass is 16.7. The molecule has 130 valence electrons. The van der Waals surface area contributed by atoms with Crippen molar-refractivity contribution in [3.63, 3.8) is 0 Å². The van der Waals surface area contributed by atoms with Crippen LogP contribution in [0.25, 0.3) is 0 Å². The van der Waals surface area contributed by atoms with Gasteiger partial charge in [0.25, 0.3) is 0 Å². The van der Waals surface area contributed by atoms with Gasteiger partial charge in [0.1, 0.15) is 0 Å². The average molecular weight is 324 g/mol. The molecule has 2 saturated heterocycles. The van der Waals surface area contributed by atoms with Crippen molar-refractivity contribution in [2.24, 2.45) is 11.3 Å². The summed E-state index contributed by atoms with van der Waals surface area (Å²) in [6, 6.07) is 0.390. The van der Waals surface area contributed by atoms with Crippen molar-refractivity contribution in [3.8, 4) is 0 Å². The van der Waals surface area contributed by atoms with E-state index >= 15 is 0 Å². The Labute approximate surface area is 137 Å². The second-order valence-electron chi connectivity index (χ2n) is 8.04. The molecule has 0 aromatic heterocycles. The Kier molecular flexibility index (Phi) is 3.82. The molecule has 0 aromatic rings. The van der Waals surface area contributed by atoms with Gasteiger partial charge < -0.3 is 24.8 Å². The molecule has 2 heterocycles. The first-order valence-corrected chi connectivity index (χ1v) is 8.97. The lowest BCUT2D eigenvalue weighted by Crippen LogP contribution is -2.68. The van der Waals surface area contributed by atoms with E-state index in [1.807, 2.05) is 0 Å². The van der Waals surface area contributed by atoms with Crippen LogP contribution in [0, 0.1) is 11.3 Å². The van der Waals surface area contributed by atoms with Crippen LogP contribution in [0.5, 0.6) is 0 Å². The van der Waals surface area contributed by atoms with Gasteiger partial charge in [0, 0.05) is 42.9 Å². The molecule has 4 fully saturated rings. The maximum Gasteiger partial charge on any atom is 0.315 e. The quantitative estimate of drug-likeness (QED) is 0.812. The van der Waals surface area contributed by atoms with Crippen LogP contribution in [0.3, 0.4) is 0 Å². The lowest BCUT2D eigenvalue weighted by molar-refractivity contribution is -0.179. The number of ether oxygens (including phenoxy) is 3. The molecule has 23 heavy (non-hydrogen) atoms. The zero-order valence-corrected chi connectivity index (χ0v) is 14.1. The maximum atomic E-state index is 12.4. The van der Waals surface area contributed by atoms with E-state index in [2.05, 4.69) is 24.5 Å². The lowest BCUT2D eigenvalue weighted by Gasteiger charge is -2.54. The number of amides is 2. The Morgan fingerprint density at radius 1 is 1.00 bits per heavy atom. The lowest BCUT2D eigenvalue weighted by atomic mass is 9.57. The van der Waals surface area contributed by atoms with Crippen LogP contribution < -0.4 is 10.6 Å². The van der Waals surface area contributed by atoms with Crippen LogP contribution in [0.1, 0.15) is 46.0 Å². The largest absolute Gasteiger partial charge is 0.377 e. The minimum Gasteiger partial charge on any atom is -0.377 e. The second kappa shape index (κ2) is 5.60. The van der Waals surface area contributed by atoms with Crippen LogP contribution in [0.4, 0.5) is 4.79 Å². The molecule has 2 aliphatic heterocycles. The number of urea groups is 1. The average Bonchev–Trinajstić information content (AvgIpc) is 3.16. The Morgan fingerprint density at radius 3 is 2.39 bits per heavy atom. The van der Waals surface area contributed by atoms with E-state index < -0.39 is 0 Å². The summed E-state index contributed by atoms with van der Waals surface area (Å²) in [5.74, 6) is 0.115. The summed E-state index contributed by atoms with van der Waals surface area (Å²) >= 11 is 0. The predicted octanol–water partition coefficient (Wildman–Crippen LogP) is 1.78. The van der Waals surface area contributed by atoms with Crippen molar-refractivity contribution in [2.75, 3.05) is 19.8 Å². The summed E-state index contributed by atoms with van der Waals surface area (Å²) in [7, 11) is 0.